The van der Waals surface area contributed by atoms with Crippen molar-refractivity contribution in [1.29, 1.82) is 0 Å². The van der Waals surface area contributed by atoms with Gasteiger partial charge in [0.1, 0.15) is 11.3 Å². The second-order valence-corrected chi connectivity index (χ2v) is 5.62. The van der Waals surface area contributed by atoms with Crippen LogP contribution in [0, 0.1) is 6.92 Å². The first-order chi connectivity index (χ1) is 9.04. The summed E-state index contributed by atoms with van der Waals surface area (Å²) in [5.41, 5.74) is 2.22. The number of halogens is 1. The van der Waals surface area contributed by atoms with Crippen LogP contribution in [0.4, 0.5) is 0 Å². The lowest BCUT2D eigenvalue weighted by atomic mass is 10.2. The molecule has 0 aromatic carbocycles. The summed E-state index contributed by atoms with van der Waals surface area (Å²) in [6.45, 7) is 4.77. The molecule has 2 rings (SSSR count). The van der Waals surface area contributed by atoms with Crippen LogP contribution < -0.4 is 0 Å². The van der Waals surface area contributed by atoms with Gasteiger partial charge in [0.25, 0.3) is 5.91 Å². The third kappa shape index (κ3) is 2.81. The molecule has 1 amide bonds. The zero-order valence-corrected chi connectivity index (χ0v) is 13.1. The van der Waals surface area contributed by atoms with Crippen LogP contribution in [0.1, 0.15) is 35.9 Å². The maximum atomic E-state index is 12.5. The highest BCUT2D eigenvalue weighted by Gasteiger charge is 2.19. The molecule has 0 saturated heterocycles. The lowest BCUT2D eigenvalue weighted by molar-refractivity contribution is 0.0785. The summed E-state index contributed by atoms with van der Waals surface area (Å²) in [6.07, 6.45) is 3.98. The molecule has 0 unspecified atom stereocenters. The Bertz CT molecular complexity index is 606. The molecule has 5 heteroatoms. The molecular formula is C14H18BrN3O. The first kappa shape index (κ1) is 14.1. The van der Waals surface area contributed by atoms with Gasteiger partial charge in [-0.05, 0) is 41.4 Å². The van der Waals surface area contributed by atoms with E-state index in [2.05, 4.69) is 27.8 Å². The molecule has 4 nitrogen and oxygen atoms in total. The van der Waals surface area contributed by atoms with E-state index in [0.717, 1.165) is 35.2 Å². The molecule has 2 aromatic heterocycles. The molecule has 19 heavy (non-hydrogen) atoms. The minimum atomic E-state index is 0.0246. The van der Waals surface area contributed by atoms with Crippen LogP contribution in [0.3, 0.4) is 0 Å². The Morgan fingerprint density at radius 2 is 2.21 bits per heavy atom. The quantitative estimate of drug-likeness (QED) is 0.865. The van der Waals surface area contributed by atoms with E-state index in [4.69, 9.17) is 0 Å². The predicted octanol–water partition coefficient (Wildman–Crippen LogP) is 3.28. The van der Waals surface area contributed by atoms with Crippen molar-refractivity contribution >= 4 is 27.5 Å². The predicted molar refractivity (Wildman–Crippen MR) is 79.5 cm³/mol. The molecule has 0 aliphatic heterocycles. The second-order valence-electron chi connectivity index (χ2n) is 4.70. The molecule has 0 atom stereocenters. The molecule has 0 saturated carbocycles. The molecule has 102 valence electrons. The van der Waals surface area contributed by atoms with Crippen LogP contribution >= 0.6 is 15.9 Å². The standard InChI is InChI=1S/C14H18BrN3O/c1-4-5-8-17(3)14(19)13-10(2)16-12-7-6-11(15)9-18(12)13/h6-7,9H,4-5,8H2,1-3H3. The van der Waals surface area contributed by atoms with Crippen molar-refractivity contribution in [2.45, 2.75) is 26.7 Å². The summed E-state index contributed by atoms with van der Waals surface area (Å²) in [6, 6.07) is 3.83. The molecule has 0 spiro atoms. The molecule has 0 aliphatic rings. The number of nitrogens with zero attached hydrogens (tertiary/aromatic N) is 3. The number of carbonyl (C=O) groups excluding carboxylic acids is 1. The molecule has 0 N–H and O–H groups in total. The number of hydrogen-bond acceptors (Lipinski definition) is 2. The zero-order valence-electron chi connectivity index (χ0n) is 11.5. The Kier molecular flexibility index (Phi) is 4.24. The number of hydrogen-bond donors (Lipinski definition) is 0. The maximum Gasteiger partial charge on any atom is 0.272 e. The Labute approximate surface area is 121 Å². The molecule has 0 radical (unpaired) electrons. The highest BCUT2D eigenvalue weighted by atomic mass is 79.9. The molecule has 2 aromatic rings. The van der Waals surface area contributed by atoms with Crippen LogP contribution in [0.15, 0.2) is 22.8 Å². The van der Waals surface area contributed by atoms with Gasteiger partial charge >= 0.3 is 0 Å². The van der Waals surface area contributed by atoms with Gasteiger partial charge in [-0.25, -0.2) is 4.98 Å². The highest BCUT2D eigenvalue weighted by molar-refractivity contribution is 9.10. The summed E-state index contributed by atoms with van der Waals surface area (Å²) >= 11 is 3.43. The van der Waals surface area contributed by atoms with E-state index in [9.17, 15) is 4.79 Å². The van der Waals surface area contributed by atoms with Crippen molar-refractivity contribution in [3.8, 4) is 0 Å². The normalized spacial score (nSPS) is 10.9. The topological polar surface area (TPSA) is 37.6 Å². The number of imidazole rings is 1. The van der Waals surface area contributed by atoms with E-state index in [-0.39, 0.29) is 5.91 Å². The van der Waals surface area contributed by atoms with Gasteiger partial charge in [-0.1, -0.05) is 13.3 Å². The monoisotopic (exact) mass is 323 g/mol. The number of fused-ring (bicyclic) bond motifs is 1. The fourth-order valence-corrected chi connectivity index (χ4v) is 2.41. The molecule has 0 fully saturated rings. The van der Waals surface area contributed by atoms with Gasteiger partial charge in [0.2, 0.25) is 0 Å². The minimum Gasteiger partial charge on any atom is -0.340 e. The third-order valence-corrected chi connectivity index (χ3v) is 3.62. The van der Waals surface area contributed by atoms with Crippen molar-refractivity contribution in [3.63, 3.8) is 0 Å². The first-order valence-electron chi connectivity index (χ1n) is 6.44. The van der Waals surface area contributed by atoms with Crippen LogP contribution in [-0.2, 0) is 0 Å². The van der Waals surface area contributed by atoms with E-state index >= 15 is 0 Å². The zero-order chi connectivity index (χ0) is 14.0. The average Bonchev–Trinajstić information content (AvgIpc) is 2.70. The Morgan fingerprint density at radius 1 is 1.47 bits per heavy atom. The number of rotatable bonds is 4. The first-order valence-corrected chi connectivity index (χ1v) is 7.23. The van der Waals surface area contributed by atoms with Gasteiger partial charge in [0, 0.05) is 24.3 Å². The van der Waals surface area contributed by atoms with Gasteiger partial charge in [-0.15, -0.1) is 0 Å². The van der Waals surface area contributed by atoms with Gasteiger partial charge in [0.15, 0.2) is 0 Å². The highest BCUT2D eigenvalue weighted by Crippen LogP contribution is 2.18. The molecule has 0 aliphatic carbocycles. The molecular weight excluding hydrogens is 306 g/mol. The summed E-state index contributed by atoms with van der Waals surface area (Å²) in [5, 5.41) is 0. The molecule has 0 bridgehead atoms. The van der Waals surface area contributed by atoms with Gasteiger partial charge in [-0.3, -0.25) is 9.20 Å². The van der Waals surface area contributed by atoms with E-state index in [1.807, 2.05) is 36.7 Å². The Hall–Kier alpha value is -1.36. The SMILES string of the molecule is CCCCN(C)C(=O)c1c(C)nc2ccc(Br)cn12. The summed E-state index contributed by atoms with van der Waals surface area (Å²) in [7, 11) is 1.84. The fourth-order valence-electron chi connectivity index (χ4n) is 2.07. The van der Waals surface area contributed by atoms with Crippen LogP contribution in [0.5, 0.6) is 0 Å². The largest absolute Gasteiger partial charge is 0.340 e. The molecule has 2 heterocycles. The van der Waals surface area contributed by atoms with Gasteiger partial charge in [-0.2, -0.15) is 0 Å². The number of amides is 1. The van der Waals surface area contributed by atoms with Crippen LogP contribution in [0.2, 0.25) is 0 Å². The fraction of sp³-hybridized carbons (Fsp3) is 0.429. The van der Waals surface area contributed by atoms with Crippen molar-refractivity contribution in [2.24, 2.45) is 0 Å². The maximum absolute atomic E-state index is 12.5. The second kappa shape index (κ2) is 5.74. The van der Waals surface area contributed by atoms with Crippen molar-refractivity contribution < 1.29 is 4.79 Å². The summed E-state index contributed by atoms with van der Waals surface area (Å²) in [4.78, 5) is 18.7. The van der Waals surface area contributed by atoms with Crippen molar-refractivity contribution in [2.75, 3.05) is 13.6 Å². The number of carbonyl (C=O) groups is 1. The summed E-state index contributed by atoms with van der Waals surface area (Å²) in [5.74, 6) is 0.0246. The van der Waals surface area contributed by atoms with Gasteiger partial charge < -0.3 is 4.90 Å². The Morgan fingerprint density at radius 3 is 2.89 bits per heavy atom. The lowest BCUT2D eigenvalue weighted by Gasteiger charge is -2.16. The van der Waals surface area contributed by atoms with Crippen molar-refractivity contribution in [3.05, 3.63) is 34.2 Å². The van der Waals surface area contributed by atoms with Gasteiger partial charge in [0.05, 0.1) is 5.69 Å². The Balaban J connectivity index is 2.41. The number of aromatic nitrogens is 2. The van der Waals surface area contributed by atoms with Crippen molar-refractivity contribution in [1.82, 2.24) is 14.3 Å². The average molecular weight is 324 g/mol. The van der Waals surface area contributed by atoms with E-state index in [1.54, 1.807) is 4.90 Å². The summed E-state index contributed by atoms with van der Waals surface area (Å²) < 4.78 is 2.78. The van der Waals surface area contributed by atoms with E-state index < -0.39 is 0 Å². The van der Waals surface area contributed by atoms with Crippen LogP contribution in [0.25, 0.3) is 5.65 Å². The minimum absolute atomic E-state index is 0.0246. The number of pyridine rings is 1. The number of unbranched alkanes of at least 4 members (excludes halogenated alkanes) is 1. The number of aryl methyl sites for hydroxylation is 1. The van der Waals surface area contributed by atoms with E-state index in [0.29, 0.717) is 5.69 Å². The smallest absolute Gasteiger partial charge is 0.272 e. The lowest BCUT2D eigenvalue weighted by Crippen LogP contribution is -2.29. The van der Waals surface area contributed by atoms with E-state index in [1.165, 1.54) is 0 Å². The van der Waals surface area contributed by atoms with Crippen LogP contribution in [-0.4, -0.2) is 33.8 Å². The third-order valence-electron chi connectivity index (χ3n) is 3.15.